The van der Waals surface area contributed by atoms with E-state index in [-0.39, 0.29) is 24.2 Å². The number of nitrogens with one attached hydrogen (secondary N) is 1. The Morgan fingerprint density at radius 2 is 2.22 bits per heavy atom. The van der Waals surface area contributed by atoms with Crippen molar-refractivity contribution in [3.8, 4) is 5.75 Å². The van der Waals surface area contributed by atoms with E-state index >= 15 is 0 Å². The molecule has 0 heterocycles. The summed E-state index contributed by atoms with van der Waals surface area (Å²) < 4.78 is 18.9. The van der Waals surface area contributed by atoms with Gasteiger partial charge in [0.15, 0.2) is 11.6 Å². The number of hydrogen-bond donors (Lipinski definition) is 2. The van der Waals surface area contributed by atoms with Crippen LogP contribution in [0.3, 0.4) is 0 Å². The summed E-state index contributed by atoms with van der Waals surface area (Å²) in [6.07, 6.45) is 1.62. The van der Waals surface area contributed by atoms with Gasteiger partial charge in [0.2, 0.25) is 0 Å². The van der Waals surface area contributed by atoms with Crippen molar-refractivity contribution in [3.05, 3.63) is 29.6 Å². The van der Waals surface area contributed by atoms with Gasteiger partial charge in [-0.1, -0.05) is 13.0 Å². The number of hydrogen-bond acceptors (Lipinski definition) is 3. The molecule has 0 radical (unpaired) electrons. The molecule has 1 atom stereocenters. The van der Waals surface area contributed by atoms with Crippen molar-refractivity contribution >= 4 is 0 Å². The molecule has 0 bridgehead atoms. The Kier molecular flexibility index (Phi) is 6.68. The third-order valence-corrected chi connectivity index (χ3v) is 2.69. The Hall–Kier alpha value is -1.13. The number of aryl methyl sites for hydroxylation is 1. The molecule has 1 aromatic carbocycles. The average Bonchev–Trinajstić information content (AvgIpc) is 2.36. The lowest BCUT2D eigenvalue weighted by molar-refractivity contribution is 0.209. The second-order valence-electron chi connectivity index (χ2n) is 4.41. The minimum Gasteiger partial charge on any atom is -0.489 e. The monoisotopic (exact) mass is 255 g/mol. The van der Waals surface area contributed by atoms with Crippen molar-refractivity contribution in [2.75, 3.05) is 19.8 Å². The van der Waals surface area contributed by atoms with Crippen molar-refractivity contribution in [1.82, 2.24) is 5.32 Å². The second-order valence-corrected chi connectivity index (χ2v) is 4.41. The number of ether oxygens (including phenoxy) is 1. The highest BCUT2D eigenvalue weighted by atomic mass is 19.1. The third kappa shape index (κ3) is 5.02. The zero-order valence-electron chi connectivity index (χ0n) is 11.1. The van der Waals surface area contributed by atoms with Gasteiger partial charge in [0.05, 0.1) is 0 Å². The fraction of sp³-hybridized carbons (Fsp3) is 0.571. The van der Waals surface area contributed by atoms with Crippen LogP contribution in [0.15, 0.2) is 18.2 Å². The van der Waals surface area contributed by atoms with Gasteiger partial charge >= 0.3 is 0 Å². The van der Waals surface area contributed by atoms with Gasteiger partial charge in [0, 0.05) is 12.6 Å². The van der Waals surface area contributed by atoms with Crippen LogP contribution in [0.4, 0.5) is 4.39 Å². The summed E-state index contributed by atoms with van der Waals surface area (Å²) in [7, 11) is 0. The molecule has 1 aromatic rings. The van der Waals surface area contributed by atoms with Crippen molar-refractivity contribution in [1.29, 1.82) is 0 Å². The van der Waals surface area contributed by atoms with Gasteiger partial charge < -0.3 is 15.2 Å². The number of rotatable bonds is 8. The van der Waals surface area contributed by atoms with Gasteiger partial charge in [-0.25, -0.2) is 4.39 Å². The first kappa shape index (κ1) is 14.9. The highest BCUT2D eigenvalue weighted by Gasteiger charge is 2.10. The summed E-state index contributed by atoms with van der Waals surface area (Å²) in [5, 5.41) is 12.2. The molecule has 2 N–H and O–H groups in total. The normalized spacial score (nSPS) is 12.4. The largest absolute Gasteiger partial charge is 0.489 e. The van der Waals surface area contributed by atoms with Gasteiger partial charge in [0.25, 0.3) is 0 Å². The van der Waals surface area contributed by atoms with Crippen LogP contribution in [0.5, 0.6) is 5.75 Å². The molecule has 0 aliphatic heterocycles. The summed E-state index contributed by atoms with van der Waals surface area (Å²) in [6.45, 7) is 5.29. The SMILES string of the molecule is CCCNC(CCO)COc1cc(C)ccc1F. The first-order valence-electron chi connectivity index (χ1n) is 6.40. The zero-order valence-corrected chi connectivity index (χ0v) is 11.1. The van der Waals surface area contributed by atoms with Crippen LogP contribution in [-0.2, 0) is 0 Å². The van der Waals surface area contributed by atoms with Crippen LogP contribution in [-0.4, -0.2) is 30.9 Å². The van der Waals surface area contributed by atoms with E-state index < -0.39 is 0 Å². The Morgan fingerprint density at radius 3 is 2.89 bits per heavy atom. The van der Waals surface area contributed by atoms with Gasteiger partial charge in [-0.05, 0) is 44.0 Å². The molecular formula is C14H22FNO2. The summed E-state index contributed by atoms with van der Waals surface area (Å²) >= 11 is 0. The molecule has 1 rings (SSSR count). The summed E-state index contributed by atoms with van der Waals surface area (Å²) in [5.74, 6) is -0.0740. The number of benzene rings is 1. The van der Waals surface area contributed by atoms with E-state index in [4.69, 9.17) is 9.84 Å². The smallest absolute Gasteiger partial charge is 0.165 e. The summed E-state index contributed by atoms with van der Waals surface area (Å²) in [5.41, 5.74) is 0.964. The molecule has 0 spiro atoms. The maximum Gasteiger partial charge on any atom is 0.165 e. The first-order chi connectivity index (χ1) is 8.67. The average molecular weight is 255 g/mol. The van der Waals surface area contributed by atoms with Gasteiger partial charge in [-0.15, -0.1) is 0 Å². The Bertz CT molecular complexity index is 358. The molecule has 0 saturated heterocycles. The van der Waals surface area contributed by atoms with E-state index in [1.165, 1.54) is 6.07 Å². The van der Waals surface area contributed by atoms with Crippen LogP contribution in [0.2, 0.25) is 0 Å². The topological polar surface area (TPSA) is 41.5 Å². The predicted molar refractivity (Wildman–Crippen MR) is 70.4 cm³/mol. The quantitative estimate of drug-likeness (QED) is 0.748. The zero-order chi connectivity index (χ0) is 13.4. The maximum atomic E-state index is 13.5. The molecule has 0 amide bonds. The van der Waals surface area contributed by atoms with E-state index in [1.54, 1.807) is 12.1 Å². The predicted octanol–water partition coefficient (Wildman–Crippen LogP) is 2.26. The van der Waals surface area contributed by atoms with Crippen LogP contribution >= 0.6 is 0 Å². The minimum atomic E-state index is -0.348. The number of halogens is 1. The van der Waals surface area contributed by atoms with Crippen molar-refractivity contribution in [2.24, 2.45) is 0 Å². The molecule has 0 fully saturated rings. The van der Waals surface area contributed by atoms with Crippen molar-refractivity contribution in [2.45, 2.75) is 32.7 Å². The maximum absolute atomic E-state index is 13.5. The number of aliphatic hydroxyl groups excluding tert-OH is 1. The van der Waals surface area contributed by atoms with Crippen molar-refractivity contribution in [3.63, 3.8) is 0 Å². The standard InChI is InChI=1S/C14H22FNO2/c1-3-7-16-12(6-8-17)10-18-14-9-11(2)4-5-13(14)15/h4-5,9,12,16-17H,3,6-8,10H2,1-2H3. The molecule has 18 heavy (non-hydrogen) atoms. The van der Waals surface area contributed by atoms with Gasteiger partial charge in [-0.2, -0.15) is 0 Å². The van der Waals surface area contributed by atoms with E-state index in [0.29, 0.717) is 13.0 Å². The highest BCUT2D eigenvalue weighted by Crippen LogP contribution is 2.18. The second kappa shape index (κ2) is 8.06. The van der Waals surface area contributed by atoms with E-state index in [0.717, 1.165) is 18.5 Å². The molecule has 0 aromatic heterocycles. The molecule has 1 unspecified atom stereocenters. The van der Waals surface area contributed by atoms with Gasteiger partial charge in [0.1, 0.15) is 6.61 Å². The van der Waals surface area contributed by atoms with E-state index in [9.17, 15) is 4.39 Å². The van der Waals surface area contributed by atoms with Crippen LogP contribution in [0.25, 0.3) is 0 Å². The van der Waals surface area contributed by atoms with Gasteiger partial charge in [-0.3, -0.25) is 0 Å². The highest BCUT2D eigenvalue weighted by molar-refractivity contribution is 5.29. The molecule has 4 heteroatoms. The fourth-order valence-electron chi connectivity index (χ4n) is 1.66. The lowest BCUT2D eigenvalue weighted by Crippen LogP contribution is -2.36. The van der Waals surface area contributed by atoms with E-state index in [1.807, 2.05) is 6.92 Å². The van der Waals surface area contributed by atoms with Crippen LogP contribution in [0, 0.1) is 12.7 Å². The van der Waals surface area contributed by atoms with Crippen LogP contribution in [0.1, 0.15) is 25.3 Å². The molecule has 102 valence electrons. The Balaban J connectivity index is 2.52. The number of aliphatic hydroxyl groups is 1. The molecule has 0 aliphatic carbocycles. The molecule has 0 aliphatic rings. The summed E-state index contributed by atoms with van der Waals surface area (Å²) in [6, 6.07) is 4.86. The fourth-order valence-corrected chi connectivity index (χ4v) is 1.66. The molecule has 0 saturated carbocycles. The minimum absolute atomic E-state index is 0.0508. The molecular weight excluding hydrogens is 233 g/mol. The first-order valence-corrected chi connectivity index (χ1v) is 6.40. The third-order valence-electron chi connectivity index (χ3n) is 2.69. The van der Waals surface area contributed by atoms with Crippen LogP contribution < -0.4 is 10.1 Å². The Labute approximate surface area is 108 Å². The lowest BCUT2D eigenvalue weighted by atomic mass is 10.2. The van der Waals surface area contributed by atoms with E-state index in [2.05, 4.69) is 12.2 Å². The van der Waals surface area contributed by atoms with Crippen molar-refractivity contribution < 1.29 is 14.2 Å². The molecule has 3 nitrogen and oxygen atoms in total. The Morgan fingerprint density at radius 1 is 1.44 bits per heavy atom. The summed E-state index contributed by atoms with van der Waals surface area (Å²) in [4.78, 5) is 0. The lowest BCUT2D eigenvalue weighted by Gasteiger charge is -2.18.